The molecule has 24 heavy (non-hydrogen) atoms. The van der Waals surface area contributed by atoms with Gasteiger partial charge in [-0.05, 0) is 41.7 Å². The number of halogens is 1. The second-order valence-corrected chi connectivity index (χ2v) is 6.40. The number of hydrogen-bond donors (Lipinski definition) is 1. The van der Waals surface area contributed by atoms with Crippen molar-refractivity contribution in [2.24, 2.45) is 10.9 Å². The smallest absolute Gasteiger partial charge is 0.123 e. The molecule has 2 aliphatic heterocycles. The van der Waals surface area contributed by atoms with Crippen LogP contribution < -0.4 is 5.32 Å². The Morgan fingerprint density at radius 3 is 2.38 bits per heavy atom. The van der Waals surface area contributed by atoms with Gasteiger partial charge in [-0.15, -0.1) is 0 Å². The lowest BCUT2D eigenvalue weighted by Crippen LogP contribution is -2.32. The highest BCUT2D eigenvalue weighted by Gasteiger charge is 2.28. The van der Waals surface area contributed by atoms with Crippen molar-refractivity contribution >= 4 is 5.84 Å². The highest BCUT2D eigenvalue weighted by atomic mass is 19.1. The van der Waals surface area contributed by atoms with Gasteiger partial charge in [-0.1, -0.05) is 36.4 Å². The van der Waals surface area contributed by atoms with E-state index in [0.29, 0.717) is 5.92 Å². The molecule has 0 spiro atoms. The summed E-state index contributed by atoms with van der Waals surface area (Å²) in [5.74, 6) is 1.43. The normalized spacial score (nSPS) is 23.6. The predicted molar refractivity (Wildman–Crippen MR) is 93.6 cm³/mol. The average molecular weight is 324 g/mol. The third-order valence-electron chi connectivity index (χ3n) is 4.83. The van der Waals surface area contributed by atoms with E-state index in [1.807, 2.05) is 0 Å². The summed E-state index contributed by atoms with van der Waals surface area (Å²) in [6.45, 7) is 2.63. The zero-order chi connectivity index (χ0) is 16.4. The molecular formula is C20H21FN2O. The Kier molecular flexibility index (Phi) is 4.30. The van der Waals surface area contributed by atoms with Crippen molar-refractivity contribution in [3.63, 3.8) is 0 Å². The van der Waals surface area contributed by atoms with Gasteiger partial charge in [-0.3, -0.25) is 4.99 Å². The summed E-state index contributed by atoms with van der Waals surface area (Å²) in [5, 5.41) is 3.40. The molecule has 0 amide bonds. The third kappa shape index (κ3) is 3.20. The van der Waals surface area contributed by atoms with Crippen LogP contribution >= 0.6 is 0 Å². The van der Waals surface area contributed by atoms with Crippen molar-refractivity contribution in [3.05, 3.63) is 59.9 Å². The first-order chi connectivity index (χ1) is 11.8. The van der Waals surface area contributed by atoms with Gasteiger partial charge in [0.1, 0.15) is 5.82 Å². The van der Waals surface area contributed by atoms with Gasteiger partial charge in [0.05, 0.1) is 18.5 Å². The quantitative estimate of drug-likeness (QED) is 0.927. The molecule has 0 saturated carbocycles. The van der Waals surface area contributed by atoms with Gasteiger partial charge in [0.15, 0.2) is 0 Å². The maximum absolute atomic E-state index is 13.0. The number of nitrogens with one attached hydrogen (secondary N) is 1. The first-order valence-electron chi connectivity index (χ1n) is 8.55. The van der Waals surface area contributed by atoms with Gasteiger partial charge in [0.25, 0.3) is 0 Å². The van der Waals surface area contributed by atoms with Gasteiger partial charge < -0.3 is 10.1 Å². The number of amidine groups is 1. The highest BCUT2D eigenvalue weighted by molar-refractivity contribution is 5.86. The van der Waals surface area contributed by atoms with Crippen LogP contribution in [-0.4, -0.2) is 25.5 Å². The molecule has 2 aromatic carbocycles. The Morgan fingerprint density at radius 1 is 1.00 bits per heavy atom. The van der Waals surface area contributed by atoms with Crippen LogP contribution in [0.4, 0.5) is 4.39 Å². The largest absolute Gasteiger partial charge is 0.373 e. The van der Waals surface area contributed by atoms with E-state index in [9.17, 15) is 4.39 Å². The lowest BCUT2D eigenvalue weighted by molar-refractivity contribution is 0.00244. The molecule has 2 unspecified atom stereocenters. The van der Waals surface area contributed by atoms with Crippen molar-refractivity contribution < 1.29 is 9.13 Å². The van der Waals surface area contributed by atoms with Crippen molar-refractivity contribution in [3.8, 4) is 11.1 Å². The fourth-order valence-corrected chi connectivity index (χ4v) is 3.50. The molecule has 124 valence electrons. The predicted octanol–water partition coefficient (Wildman–Crippen LogP) is 3.96. The van der Waals surface area contributed by atoms with Crippen LogP contribution in [-0.2, 0) is 4.74 Å². The van der Waals surface area contributed by atoms with Gasteiger partial charge in [0.2, 0.25) is 0 Å². The molecule has 0 radical (unpaired) electrons. The Morgan fingerprint density at radius 2 is 1.71 bits per heavy atom. The van der Waals surface area contributed by atoms with Gasteiger partial charge >= 0.3 is 0 Å². The van der Waals surface area contributed by atoms with Crippen LogP contribution in [0.2, 0.25) is 0 Å². The molecule has 2 aromatic rings. The fraction of sp³-hybridized carbons (Fsp3) is 0.350. The summed E-state index contributed by atoms with van der Waals surface area (Å²) in [5.41, 5.74) is 3.31. The number of benzene rings is 2. The summed E-state index contributed by atoms with van der Waals surface area (Å²) < 4.78 is 19.0. The monoisotopic (exact) mass is 324 g/mol. The van der Waals surface area contributed by atoms with Crippen LogP contribution in [0.25, 0.3) is 11.1 Å². The van der Waals surface area contributed by atoms with E-state index in [4.69, 9.17) is 4.74 Å². The molecule has 2 atom stereocenters. The third-order valence-corrected chi connectivity index (χ3v) is 4.83. The summed E-state index contributed by atoms with van der Waals surface area (Å²) in [6, 6.07) is 15.0. The molecule has 1 fully saturated rings. The summed E-state index contributed by atoms with van der Waals surface area (Å²) in [4.78, 5) is 4.57. The van der Waals surface area contributed by atoms with E-state index in [-0.39, 0.29) is 11.9 Å². The van der Waals surface area contributed by atoms with E-state index in [1.54, 1.807) is 12.1 Å². The van der Waals surface area contributed by atoms with Gasteiger partial charge in [-0.2, -0.15) is 0 Å². The van der Waals surface area contributed by atoms with Crippen molar-refractivity contribution in [2.75, 3.05) is 19.7 Å². The topological polar surface area (TPSA) is 33.6 Å². The summed E-state index contributed by atoms with van der Waals surface area (Å²) in [7, 11) is 0. The lowest BCUT2D eigenvalue weighted by Gasteiger charge is -2.30. The minimum absolute atomic E-state index is 0.121. The molecule has 0 aliphatic carbocycles. The number of aliphatic imine (C=N–C) groups is 1. The summed E-state index contributed by atoms with van der Waals surface area (Å²) >= 11 is 0. The average Bonchev–Trinajstić information content (AvgIpc) is 3.17. The number of hydrogen-bond acceptors (Lipinski definition) is 3. The fourth-order valence-electron chi connectivity index (χ4n) is 3.50. The lowest BCUT2D eigenvalue weighted by atomic mass is 9.90. The Balaban J connectivity index is 1.49. The first-order valence-corrected chi connectivity index (χ1v) is 8.55. The van der Waals surface area contributed by atoms with Crippen LogP contribution in [0.15, 0.2) is 53.5 Å². The molecule has 3 nitrogen and oxygen atoms in total. The number of ether oxygens (including phenoxy) is 1. The molecule has 4 heteroatoms. The molecule has 2 aliphatic rings. The van der Waals surface area contributed by atoms with Crippen LogP contribution in [0.5, 0.6) is 0 Å². The van der Waals surface area contributed by atoms with Gasteiger partial charge in [-0.25, -0.2) is 4.39 Å². The second-order valence-electron chi connectivity index (χ2n) is 6.40. The maximum Gasteiger partial charge on any atom is 0.123 e. The molecule has 4 rings (SSSR count). The van der Waals surface area contributed by atoms with Crippen molar-refractivity contribution in [1.29, 1.82) is 0 Å². The maximum atomic E-state index is 13.0. The van der Waals surface area contributed by atoms with E-state index in [2.05, 4.69) is 34.6 Å². The van der Waals surface area contributed by atoms with E-state index < -0.39 is 0 Å². The van der Waals surface area contributed by atoms with Crippen LogP contribution in [0.1, 0.15) is 24.5 Å². The highest BCUT2D eigenvalue weighted by Crippen LogP contribution is 2.33. The molecule has 2 heterocycles. The van der Waals surface area contributed by atoms with E-state index in [0.717, 1.165) is 49.5 Å². The zero-order valence-electron chi connectivity index (χ0n) is 13.5. The van der Waals surface area contributed by atoms with Gasteiger partial charge in [0, 0.05) is 19.1 Å². The van der Waals surface area contributed by atoms with Crippen LogP contribution in [0.3, 0.4) is 0 Å². The minimum atomic E-state index is -0.208. The zero-order valence-corrected chi connectivity index (χ0v) is 13.5. The molecule has 1 N–H and O–H groups in total. The first kappa shape index (κ1) is 15.3. The second kappa shape index (κ2) is 6.73. The Labute approximate surface area is 141 Å². The molecule has 0 aromatic heterocycles. The van der Waals surface area contributed by atoms with Crippen molar-refractivity contribution in [1.82, 2.24) is 5.32 Å². The Bertz CT molecular complexity index is 724. The molecule has 1 saturated heterocycles. The number of nitrogens with zero attached hydrogens (tertiary/aromatic N) is 1. The summed E-state index contributed by atoms with van der Waals surface area (Å²) in [6.07, 6.45) is 2.13. The molecular weight excluding hydrogens is 303 g/mol. The SMILES string of the molecule is Fc1ccc(-c2ccc(C3CC(C4=NCCN4)CCO3)cc2)cc1. The Hall–Kier alpha value is -2.20. The van der Waals surface area contributed by atoms with Crippen molar-refractivity contribution in [2.45, 2.75) is 18.9 Å². The van der Waals surface area contributed by atoms with Crippen LogP contribution in [0, 0.1) is 11.7 Å². The standard InChI is InChI=1S/C20H21FN2O/c21-18-7-5-15(6-8-18)14-1-3-16(4-2-14)19-13-17(9-12-24-19)20-22-10-11-23-20/h1-8,17,19H,9-13H2,(H,22,23). The van der Waals surface area contributed by atoms with E-state index in [1.165, 1.54) is 17.7 Å². The minimum Gasteiger partial charge on any atom is -0.373 e. The van der Waals surface area contributed by atoms with E-state index >= 15 is 0 Å². The number of rotatable bonds is 3. The molecule has 0 bridgehead atoms.